The summed E-state index contributed by atoms with van der Waals surface area (Å²) < 4.78 is 24.5. The van der Waals surface area contributed by atoms with Gasteiger partial charge in [0.1, 0.15) is 23.8 Å². The fraction of sp³-hybridized carbons (Fsp3) is 0.520. The Morgan fingerprint density at radius 1 is 1.19 bits per heavy atom. The summed E-state index contributed by atoms with van der Waals surface area (Å²) in [7, 11) is 1.94. The van der Waals surface area contributed by atoms with Gasteiger partial charge in [0.2, 0.25) is 0 Å². The van der Waals surface area contributed by atoms with Crippen LogP contribution in [0.25, 0.3) is 0 Å². The summed E-state index contributed by atoms with van der Waals surface area (Å²) in [4.78, 5) is 39.4. The quantitative estimate of drug-likeness (QED) is 0.469. The summed E-state index contributed by atoms with van der Waals surface area (Å²) in [5.41, 5.74) is 0.335. The maximum Gasteiger partial charge on any atom is 0.527 e. The van der Waals surface area contributed by atoms with Gasteiger partial charge < -0.3 is 24.5 Å². The van der Waals surface area contributed by atoms with Crippen molar-refractivity contribution in [1.82, 2.24) is 15.0 Å². The van der Waals surface area contributed by atoms with E-state index in [0.717, 1.165) is 25.5 Å². The molecule has 3 rings (SSSR count). The van der Waals surface area contributed by atoms with Crippen LogP contribution in [0.1, 0.15) is 44.0 Å². The zero-order chi connectivity index (χ0) is 26.1. The van der Waals surface area contributed by atoms with Crippen molar-refractivity contribution in [2.75, 3.05) is 50.1 Å². The van der Waals surface area contributed by atoms with E-state index in [1.807, 2.05) is 25.8 Å². The zero-order valence-electron chi connectivity index (χ0n) is 21.2. The van der Waals surface area contributed by atoms with E-state index in [4.69, 9.17) is 14.3 Å². The molecule has 36 heavy (non-hydrogen) atoms. The van der Waals surface area contributed by atoms with Gasteiger partial charge in [-0.15, -0.1) is 5.06 Å². The lowest BCUT2D eigenvalue weighted by Crippen LogP contribution is -2.39. The highest BCUT2D eigenvalue weighted by Gasteiger charge is 2.24. The van der Waals surface area contributed by atoms with E-state index in [9.17, 15) is 14.0 Å². The van der Waals surface area contributed by atoms with Crippen LogP contribution in [0.4, 0.5) is 26.5 Å². The number of rotatable bonds is 10. The highest BCUT2D eigenvalue weighted by molar-refractivity contribution is 5.90. The standard InChI is InChI=1S/C25H34FN5O5/c1-5-34-24(32)19-6-7-21(20(26)12-19)29-22-13-23(28-16-27-22)30(4)14-18-8-10-31(11-9-18)36-25(33)35-15-17(2)3/h6-7,12-13,16-18H,5,8-11,14-15H2,1-4H3,(H,27,28,29). The third kappa shape index (κ3) is 8.04. The molecule has 1 aromatic heterocycles. The fourth-order valence-corrected chi connectivity index (χ4v) is 3.75. The maximum atomic E-state index is 14.5. The number of esters is 1. The first-order valence-corrected chi connectivity index (χ1v) is 12.1. The van der Waals surface area contributed by atoms with E-state index in [2.05, 4.69) is 15.3 Å². The summed E-state index contributed by atoms with van der Waals surface area (Å²) in [5.74, 6) is 0.603. The number of anilines is 3. The largest absolute Gasteiger partial charge is 0.527 e. The molecule has 1 aromatic carbocycles. The number of hydroxylamine groups is 2. The van der Waals surface area contributed by atoms with E-state index >= 15 is 0 Å². The fourth-order valence-electron chi connectivity index (χ4n) is 3.75. The lowest BCUT2D eigenvalue weighted by molar-refractivity contribution is -0.143. The molecule has 0 spiro atoms. The summed E-state index contributed by atoms with van der Waals surface area (Å²) >= 11 is 0. The average Bonchev–Trinajstić information content (AvgIpc) is 2.85. The number of nitrogens with one attached hydrogen (secondary N) is 1. The predicted molar refractivity (Wildman–Crippen MR) is 133 cm³/mol. The Kier molecular flexibility index (Phi) is 9.80. The number of hydrogen-bond acceptors (Lipinski definition) is 10. The molecule has 11 heteroatoms. The average molecular weight is 504 g/mol. The van der Waals surface area contributed by atoms with Crippen molar-refractivity contribution >= 4 is 29.4 Å². The zero-order valence-corrected chi connectivity index (χ0v) is 21.2. The van der Waals surface area contributed by atoms with Gasteiger partial charge in [-0.25, -0.2) is 23.9 Å². The van der Waals surface area contributed by atoms with Gasteiger partial charge in [-0.3, -0.25) is 0 Å². The molecule has 2 aromatic rings. The second-order valence-electron chi connectivity index (χ2n) is 9.10. The second-order valence-corrected chi connectivity index (χ2v) is 9.10. The Morgan fingerprint density at radius 3 is 2.61 bits per heavy atom. The molecule has 1 fully saturated rings. The first kappa shape index (κ1) is 27.1. The van der Waals surface area contributed by atoms with Crippen LogP contribution >= 0.6 is 0 Å². The van der Waals surface area contributed by atoms with Crippen molar-refractivity contribution in [3.8, 4) is 0 Å². The number of carbonyl (C=O) groups is 2. The highest BCUT2D eigenvalue weighted by Crippen LogP contribution is 2.24. The SMILES string of the molecule is CCOC(=O)c1ccc(Nc2cc(N(C)CC3CCN(OC(=O)OCC(C)C)CC3)ncn2)c(F)c1. The van der Waals surface area contributed by atoms with Crippen LogP contribution in [-0.2, 0) is 14.3 Å². The Bertz CT molecular complexity index is 1030. The molecule has 0 saturated carbocycles. The van der Waals surface area contributed by atoms with Gasteiger partial charge in [-0.1, -0.05) is 13.8 Å². The first-order valence-electron chi connectivity index (χ1n) is 12.1. The van der Waals surface area contributed by atoms with Gasteiger partial charge in [0.15, 0.2) is 0 Å². The Hall–Kier alpha value is -3.47. The van der Waals surface area contributed by atoms with Crippen molar-refractivity contribution in [2.45, 2.75) is 33.6 Å². The molecule has 0 atom stereocenters. The Morgan fingerprint density at radius 2 is 1.94 bits per heavy atom. The molecule has 1 saturated heterocycles. The molecule has 0 radical (unpaired) electrons. The number of benzene rings is 1. The van der Waals surface area contributed by atoms with Crippen LogP contribution < -0.4 is 10.2 Å². The first-order chi connectivity index (χ1) is 17.2. The normalized spacial score (nSPS) is 14.4. The minimum Gasteiger partial charge on any atom is -0.462 e. The molecule has 0 unspecified atom stereocenters. The Labute approximate surface area is 210 Å². The number of piperidine rings is 1. The summed E-state index contributed by atoms with van der Waals surface area (Å²) in [6.07, 6.45) is 2.47. The molecular formula is C25H34FN5O5. The van der Waals surface area contributed by atoms with Crippen LogP contribution in [0.15, 0.2) is 30.6 Å². The maximum absolute atomic E-state index is 14.5. The number of ether oxygens (including phenoxy) is 2. The molecular weight excluding hydrogens is 469 g/mol. The van der Waals surface area contributed by atoms with Gasteiger partial charge in [-0.2, -0.15) is 0 Å². The van der Waals surface area contributed by atoms with Crippen LogP contribution in [0, 0.1) is 17.7 Å². The third-order valence-electron chi connectivity index (χ3n) is 5.63. The van der Waals surface area contributed by atoms with E-state index in [1.165, 1.54) is 18.5 Å². The number of hydrogen-bond donors (Lipinski definition) is 1. The molecule has 0 amide bonds. The van der Waals surface area contributed by atoms with Gasteiger partial charge in [0.05, 0.1) is 24.5 Å². The monoisotopic (exact) mass is 503 g/mol. The van der Waals surface area contributed by atoms with Gasteiger partial charge >= 0.3 is 12.1 Å². The minimum absolute atomic E-state index is 0.145. The molecule has 1 aliphatic rings. The number of halogens is 1. The van der Waals surface area contributed by atoms with Crippen LogP contribution in [-0.4, -0.2) is 67.1 Å². The van der Waals surface area contributed by atoms with E-state index in [-0.39, 0.29) is 23.8 Å². The lowest BCUT2D eigenvalue weighted by atomic mass is 9.97. The molecule has 0 bridgehead atoms. The van der Waals surface area contributed by atoms with Crippen LogP contribution in [0.3, 0.4) is 0 Å². The number of aromatic nitrogens is 2. The molecule has 1 aliphatic heterocycles. The lowest BCUT2D eigenvalue weighted by Gasteiger charge is -2.32. The number of nitrogens with zero attached hydrogens (tertiary/aromatic N) is 4. The molecule has 1 N–H and O–H groups in total. The smallest absolute Gasteiger partial charge is 0.462 e. The van der Waals surface area contributed by atoms with Crippen molar-refractivity contribution in [1.29, 1.82) is 0 Å². The van der Waals surface area contributed by atoms with Gasteiger partial charge in [-0.05, 0) is 49.8 Å². The minimum atomic E-state index is -0.660. The van der Waals surface area contributed by atoms with Crippen molar-refractivity contribution < 1.29 is 28.3 Å². The van der Waals surface area contributed by atoms with Crippen molar-refractivity contribution in [3.63, 3.8) is 0 Å². The number of carbonyl (C=O) groups excluding carboxylic acids is 2. The van der Waals surface area contributed by atoms with Crippen LogP contribution in [0.2, 0.25) is 0 Å². The summed E-state index contributed by atoms with van der Waals surface area (Å²) in [5, 5.41) is 4.58. The Balaban J connectivity index is 1.51. The second kappa shape index (κ2) is 13.0. The van der Waals surface area contributed by atoms with Crippen molar-refractivity contribution in [2.24, 2.45) is 11.8 Å². The molecule has 2 heterocycles. The van der Waals surface area contributed by atoms with Gasteiger partial charge in [0.25, 0.3) is 0 Å². The van der Waals surface area contributed by atoms with Crippen LogP contribution in [0.5, 0.6) is 0 Å². The van der Waals surface area contributed by atoms with Gasteiger partial charge in [0, 0.05) is 32.7 Å². The van der Waals surface area contributed by atoms with Crippen molar-refractivity contribution in [3.05, 3.63) is 42.0 Å². The molecule has 196 valence electrons. The molecule has 10 nitrogen and oxygen atoms in total. The summed E-state index contributed by atoms with van der Waals surface area (Å²) in [6.45, 7) is 8.20. The summed E-state index contributed by atoms with van der Waals surface area (Å²) in [6, 6.07) is 5.84. The topological polar surface area (TPSA) is 106 Å². The van der Waals surface area contributed by atoms with E-state index in [1.54, 1.807) is 18.1 Å². The highest BCUT2D eigenvalue weighted by atomic mass is 19.1. The third-order valence-corrected chi connectivity index (χ3v) is 5.63. The van der Waals surface area contributed by atoms with E-state index in [0.29, 0.717) is 37.3 Å². The molecule has 0 aliphatic carbocycles. The van der Waals surface area contributed by atoms with E-state index < -0.39 is 17.9 Å². The predicted octanol–water partition coefficient (Wildman–Crippen LogP) is 4.41.